The number of aromatic nitrogens is 2. The van der Waals surface area contributed by atoms with Gasteiger partial charge in [0.1, 0.15) is 0 Å². The molecule has 0 unspecified atom stereocenters. The van der Waals surface area contributed by atoms with Crippen molar-refractivity contribution in [2.45, 2.75) is 19.9 Å². The molecule has 2 N–H and O–H groups in total. The van der Waals surface area contributed by atoms with E-state index in [1.54, 1.807) is 60.7 Å². The number of fused-ring (bicyclic) bond motifs is 1. The number of aryl methyl sites for hydroxylation is 1. The zero-order valence-corrected chi connectivity index (χ0v) is 17.5. The van der Waals surface area contributed by atoms with E-state index in [1.165, 1.54) is 10.9 Å². The van der Waals surface area contributed by atoms with Crippen molar-refractivity contribution in [1.82, 2.24) is 9.55 Å². The van der Waals surface area contributed by atoms with Crippen molar-refractivity contribution >= 4 is 34.1 Å². The number of benzene rings is 3. The predicted molar refractivity (Wildman–Crippen MR) is 125 cm³/mol. The van der Waals surface area contributed by atoms with Crippen LogP contribution in [0.4, 0.5) is 11.4 Å². The van der Waals surface area contributed by atoms with E-state index >= 15 is 0 Å². The molecular formula is C25H22N4O3. The van der Waals surface area contributed by atoms with Gasteiger partial charge in [-0.2, -0.15) is 0 Å². The van der Waals surface area contributed by atoms with Gasteiger partial charge in [-0.1, -0.05) is 36.4 Å². The molecule has 32 heavy (non-hydrogen) atoms. The third-order valence-corrected chi connectivity index (χ3v) is 5.20. The lowest BCUT2D eigenvalue weighted by Crippen LogP contribution is -2.24. The molecule has 1 heterocycles. The van der Waals surface area contributed by atoms with E-state index in [2.05, 4.69) is 15.6 Å². The molecule has 0 aliphatic carbocycles. The van der Waals surface area contributed by atoms with Crippen molar-refractivity contribution in [1.29, 1.82) is 0 Å². The maximum absolute atomic E-state index is 12.6. The fourth-order valence-electron chi connectivity index (χ4n) is 3.39. The first kappa shape index (κ1) is 21.0. The van der Waals surface area contributed by atoms with Crippen LogP contribution in [-0.4, -0.2) is 21.4 Å². The van der Waals surface area contributed by atoms with Gasteiger partial charge in [-0.25, -0.2) is 4.98 Å². The number of hydrogen-bond donors (Lipinski definition) is 2. The van der Waals surface area contributed by atoms with Crippen LogP contribution in [0.3, 0.4) is 0 Å². The zero-order valence-electron chi connectivity index (χ0n) is 17.5. The molecule has 3 aromatic carbocycles. The molecule has 0 spiro atoms. The fraction of sp³-hybridized carbons (Fsp3) is 0.120. The topological polar surface area (TPSA) is 93.1 Å². The van der Waals surface area contributed by atoms with Crippen molar-refractivity contribution in [2.75, 3.05) is 10.6 Å². The minimum absolute atomic E-state index is 0.111. The second-order valence-electron chi connectivity index (χ2n) is 7.36. The highest BCUT2D eigenvalue weighted by molar-refractivity contribution is 6.05. The summed E-state index contributed by atoms with van der Waals surface area (Å²) in [5.74, 6) is -0.458. The SMILES string of the molecule is Cc1c(NC(=O)CCn2cnc3ccccc3c2=O)cccc1NC(=O)c1ccccc1. The van der Waals surface area contributed by atoms with Crippen LogP contribution in [0.15, 0.2) is 83.9 Å². The normalized spacial score (nSPS) is 10.7. The molecule has 0 saturated heterocycles. The van der Waals surface area contributed by atoms with E-state index in [-0.39, 0.29) is 30.3 Å². The van der Waals surface area contributed by atoms with E-state index in [4.69, 9.17) is 0 Å². The van der Waals surface area contributed by atoms with E-state index in [9.17, 15) is 14.4 Å². The summed E-state index contributed by atoms with van der Waals surface area (Å²) in [6.45, 7) is 2.04. The van der Waals surface area contributed by atoms with Gasteiger partial charge in [-0.05, 0) is 48.9 Å². The largest absolute Gasteiger partial charge is 0.326 e. The Morgan fingerprint density at radius 2 is 1.56 bits per heavy atom. The molecule has 0 fully saturated rings. The summed E-state index contributed by atoms with van der Waals surface area (Å²) in [7, 11) is 0. The molecule has 160 valence electrons. The first-order valence-electron chi connectivity index (χ1n) is 10.2. The second-order valence-corrected chi connectivity index (χ2v) is 7.36. The van der Waals surface area contributed by atoms with Gasteiger partial charge in [-0.3, -0.25) is 19.0 Å². The van der Waals surface area contributed by atoms with Crippen molar-refractivity contribution in [3.05, 3.63) is 101 Å². The Morgan fingerprint density at radius 1 is 0.875 bits per heavy atom. The summed E-state index contributed by atoms with van der Waals surface area (Å²) >= 11 is 0. The molecular weight excluding hydrogens is 404 g/mol. The Kier molecular flexibility index (Phi) is 6.07. The van der Waals surface area contributed by atoms with Gasteiger partial charge in [-0.15, -0.1) is 0 Å². The highest BCUT2D eigenvalue weighted by Crippen LogP contribution is 2.24. The molecule has 1 aromatic heterocycles. The quantitative estimate of drug-likeness (QED) is 0.488. The molecule has 0 aliphatic rings. The number of para-hydroxylation sites is 1. The Hall–Kier alpha value is -4.26. The number of carbonyl (C=O) groups is 2. The molecule has 4 rings (SSSR count). The predicted octanol–water partition coefficient (Wildman–Crippen LogP) is 3.99. The third-order valence-electron chi connectivity index (χ3n) is 5.20. The average molecular weight is 426 g/mol. The Bertz CT molecular complexity index is 1350. The van der Waals surface area contributed by atoms with E-state index in [1.807, 2.05) is 19.1 Å². The van der Waals surface area contributed by atoms with Crippen LogP contribution < -0.4 is 16.2 Å². The van der Waals surface area contributed by atoms with Crippen LogP contribution in [0.5, 0.6) is 0 Å². The van der Waals surface area contributed by atoms with Crippen LogP contribution in [-0.2, 0) is 11.3 Å². The van der Waals surface area contributed by atoms with E-state index in [0.29, 0.717) is 27.8 Å². The van der Waals surface area contributed by atoms with Gasteiger partial charge in [0.05, 0.1) is 17.2 Å². The first-order valence-corrected chi connectivity index (χ1v) is 10.2. The summed E-state index contributed by atoms with van der Waals surface area (Å²) < 4.78 is 1.44. The Morgan fingerprint density at radius 3 is 2.34 bits per heavy atom. The van der Waals surface area contributed by atoms with E-state index in [0.717, 1.165) is 5.56 Å². The van der Waals surface area contributed by atoms with Crippen LogP contribution in [0, 0.1) is 6.92 Å². The third kappa shape index (κ3) is 4.57. The smallest absolute Gasteiger partial charge is 0.261 e. The summed E-state index contributed by atoms with van der Waals surface area (Å²) in [5.41, 5.74) is 2.97. The molecule has 0 aliphatic heterocycles. The molecule has 0 atom stereocenters. The summed E-state index contributed by atoms with van der Waals surface area (Å²) in [6.07, 6.45) is 1.57. The lowest BCUT2D eigenvalue weighted by Gasteiger charge is -2.14. The Labute approximate surface area is 184 Å². The molecule has 7 heteroatoms. The zero-order chi connectivity index (χ0) is 22.5. The van der Waals surface area contributed by atoms with Gasteiger partial charge >= 0.3 is 0 Å². The maximum Gasteiger partial charge on any atom is 0.261 e. The fourth-order valence-corrected chi connectivity index (χ4v) is 3.39. The van der Waals surface area contributed by atoms with E-state index < -0.39 is 0 Å². The lowest BCUT2D eigenvalue weighted by molar-refractivity contribution is -0.116. The molecule has 0 saturated carbocycles. The van der Waals surface area contributed by atoms with Gasteiger partial charge in [0, 0.05) is 29.9 Å². The molecule has 7 nitrogen and oxygen atoms in total. The first-order chi connectivity index (χ1) is 15.5. The van der Waals surface area contributed by atoms with Gasteiger partial charge in [0.25, 0.3) is 11.5 Å². The van der Waals surface area contributed by atoms with Crippen molar-refractivity contribution in [2.24, 2.45) is 0 Å². The van der Waals surface area contributed by atoms with Crippen LogP contribution >= 0.6 is 0 Å². The van der Waals surface area contributed by atoms with Gasteiger partial charge in [0.15, 0.2) is 0 Å². The maximum atomic E-state index is 12.6. The second kappa shape index (κ2) is 9.26. The van der Waals surface area contributed by atoms with Crippen molar-refractivity contribution in [3.63, 3.8) is 0 Å². The monoisotopic (exact) mass is 426 g/mol. The average Bonchev–Trinajstić information content (AvgIpc) is 2.82. The minimum Gasteiger partial charge on any atom is -0.326 e. The highest BCUT2D eigenvalue weighted by atomic mass is 16.2. The highest BCUT2D eigenvalue weighted by Gasteiger charge is 2.12. The summed E-state index contributed by atoms with van der Waals surface area (Å²) in [6, 6.07) is 21.4. The summed E-state index contributed by atoms with van der Waals surface area (Å²) in [4.78, 5) is 41.8. The molecule has 0 bridgehead atoms. The van der Waals surface area contributed by atoms with Crippen LogP contribution in [0.25, 0.3) is 10.9 Å². The Balaban J connectivity index is 1.42. The minimum atomic E-state index is -0.236. The number of rotatable bonds is 6. The van der Waals surface area contributed by atoms with Crippen LogP contribution in [0.1, 0.15) is 22.3 Å². The number of carbonyl (C=O) groups excluding carboxylic acids is 2. The number of amides is 2. The standard InChI is InChI=1S/C25H22N4O3/c1-17-20(12-7-13-21(17)28-24(31)18-8-3-2-4-9-18)27-23(30)14-15-29-16-26-22-11-6-5-10-19(22)25(29)32/h2-13,16H,14-15H2,1H3,(H,27,30)(H,28,31). The number of nitrogens with one attached hydrogen (secondary N) is 2. The van der Waals surface area contributed by atoms with Gasteiger partial charge in [0.2, 0.25) is 5.91 Å². The van der Waals surface area contributed by atoms with Crippen LogP contribution in [0.2, 0.25) is 0 Å². The molecule has 2 amide bonds. The van der Waals surface area contributed by atoms with Gasteiger partial charge < -0.3 is 10.6 Å². The number of hydrogen-bond acceptors (Lipinski definition) is 4. The van der Waals surface area contributed by atoms with Crippen molar-refractivity contribution in [3.8, 4) is 0 Å². The molecule has 4 aromatic rings. The number of anilines is 2. The molecule has 0 radical (unpaired) electrons. The van der Waals surface area contributed by atoms with Crippen molar-refractivity contribution < 1.29 is 9.59 Å². The number of nitrogens with zero attached hydrogens (tertiary/aromatic N) is 2. The summed E-state index contributed by atoms with van der Waals surface area (Å²) in [5, 5.41) is 6.26. The lowest BCUT2D eigenvalue weighted by atomic mass is 10.1.